The Hall–Kier alpha value is -0.0300. The van der Waals surface area contributed by atoms with E-state index < -0.39 is 0 Å². The molecule has 2 atom stereocenters. The second-order valence-electron chi connectivity index (χ2n) is 4.94. The smallest absolute Gasteiger partial charge is 0.0576 e. The summed E-state index contributed by atoms with van der Waals surface area (Å²) in [5.41, 5.74) is 0. The average Bonchev–Trinajstić information content (AvgIpc) is 2.94. The molecule has 2 nitrogen and oxygen atoms in total. The van der Waals surface area contributed by atoms with Crippen LogP contribution in [0, 0.1) is 0 Å². The van der Waals surface area contributed by atoms with Crippen LogP contribution in [0.25, 0.3) is 0 Å². The second kappa shape index (κ2) is 8.30. The van der Waals surface area contributed by atoms with Gasteiger partial charge in [0.15, 0.2) is 0 Å². The van der Waals surface area contributed by atoms with Crippen LogP contribution in [0.15, 0.2) is 33.6 Å². The summed E-state index contributed by atoms with van der Waals surface area (Å²) in [4.78, 5) is 1.32. The molecular formula is C15H22BrNOS. The quantitative estimate of drug-likeness (QED) is 0.753. The van der Waals surface area contributed by atoms with Crippen molar-refractivity contribution in [2.45, 2.75) is 42.7 Å². The third-order valence-electron chi connectivity index (χ3n) is 3.55. The van der Waals surface area contributed by atoms with E-state index in [1.807, 2.05) is 11.8 Å². The lowest BCUT2D eigenvalue weighted by Crippen LogP contribution is -2.28. The van der Waals surface area contributed by atoms with Crippen LogP contribution in [0.4, 0.5) is 0 Å². The molecule has 2 unspecified atom stereocenters. The molecular weight excluding hydrogens is 322 g/mol. The molecule has 1 N–H and O–H groups in total. The molecule has 0 spiro atoms. The van der Waals surface area contributed by atoms with E-state index in [1.54, 1.807) is 0 Å². The van der Waals surface area contributed by atoms with E-state index in [0.29, 0.717) is 12.1 Å². The topological polar surface area (TPSA) is 21.3 Å². The Labute approximate surface area is 128 Å². The summed E-state index contributed by atoms with van der Waals surface area (Å²) in [6.45, 7) is 0.959. The zero-order chi connectivity index (χ0) is 13.5. The first-order valence-corrected chi connectivity index (χ1v) is 8.73. The third-order valence-corrected chi connectivity index (χ3v) is 5.74. The molecule has 1 aromatic rings. The second-order valence-corrected chi connectivity index (χ2v) is 6.86. The maximum atomic E-state index is 5.69. The molecule has 0 saturated carbocycles. The molecule has 1 aliphatic rings. The summed E-state index contributed by atoms with van der Waals surface area (Å²) >= 11 is 5.51. The van der Waals surface area contributed by atoms with Crippen molar-refractivity contribution < 1.29 is 4.74 Å². The Morgan fingerprint density at radius 3 is 3.00 bits per heavy atom. The molecule has 0 radical (unpaired) electrons. The van der Waals surface area contributed by atoms with Crippen LogP contribution >= 0.6 is 27.7 Å². The van der Waals surface area contributed by atoms with Crippen molar-refractivity contribution in [1.29, 1.82) is 0 Å². The molecule has 0 amide bonds. The first-order valence-electron chi connectivity index (χ1n) is 6.96. The minimum Gasteiger partial charge on any atom is -0.378 e. The van der Waals surface area contributed by atoms with Gasteiger partial charge >= 0.3 is 0 Å². The van der Waals surface area contributed by atoms with Gasteiger partial charge in [0.2, 0.25) is 0 Å². The van der Waals surface area contributed by atoms with Crippen LogP contribution in [-0.2, 0) is 4.74 Å². The predicted molar refractivity (Wildman–Crippen MR) is 85.9 cm³/mol. The fraction of sp³-hybridized carbons (Fsp3) is 0.600. The van der Waals surface area contributed by atoms with Gasteiger partial charge < -0.3 is 10.1 Å². The lowest BCUT2D eigenvalue weighted by Gasteiger charge is -2.18. The van der Waals surface area contributed by atoms with Gasteiger partial charge in [-0.25, -0.2) is 0 Å². The molecule has 19 heavy (non-hydrogen) atoms. The van der Waals surface area contributed by atoms with Crippen LogP contribution < -0.4 is 5.32 Å². The maximum Gasteiger partial charge on any atom is 0.0576 e. The van der Waals surface area contributed by atoms with Gasteiger partial charge in [-0.1, -0.05) is 12.1 Å². The van der Waals surface area contributed by atoms with Crippen molar-refractivity contribution >= 4 is 27.7 Å². The summed E-state index contributed by atoms with van der Waals surface area (Å²) in [5.74, 6) is 1.10. The van der Waals surface area contributed by atoms with Crippen LogP contribution in [-0.4, -0.2) is 31.6 Å². The average molecular weight is 344 g/mol. The normalized spacial score (nSPS) is 20.6. The molecule has 106 valence electrons. The highest BCUT2D eigenvalue weighted by Crippen LogP contribution is 2.28. The number of ether oxygens (including phenoxy) is 1. The fourth-order valence-electron chi connectivity index (χ4n) is 2.32. The molecule has 0 bridgehead atoms. The van der Waals surface area contributed by atoms with Gasteiger partial charge in [-0.05, 0) is 60.8 Å². The number of hydrogen-bond acceptors (Lipinski definition) is 3. The summed E-state index contributed by atoms with van der Waals surface area (Å²) < 4.78 is 6.88. The van der Waals surface area contributed by atoms with E-state index in [1.165, 1.54) is 35.1 Å². The van der Waals surface area contributed by atoms with Gasteiger partial charge in [0.05, 0.1) is 6.10 Å². The molecule has 4 heteroatoms. The van der Waals surface area contributed by atoms with Crippen molar-refractivity contribution in [2.24, 2.45) is 0 Å². The molecule has 1 saturated heterocycles. The number of rotatable bonds is 7. The number of hydrogen-bond donors (Lipinski definition) is 1. The van der Waals surface area contributed by atoms with Crippen molar-refractivity contribution in [3.05, 3.63) is 28.7 Å². The summed E-state index contributed by atoms with van der Waals surface area (Å²) in [5, 5.41) is 3.42. The number of nitrogens with one attached hydrogen (secondary N) is 1. The summed E-state index contributed by atoms with van der Waals surface area (Å²) in [6.07, 6.45) is 5.36. The molecule has 1 heterocycles. The van der Waals surface area contributed by atoms with Crippen molar-refractivity contribution in [2.75, 3.05) is 19.4 Å². The Bertz CT molecular complexity index is 382. The minimum atomic E-state index is 0.504. The standard InChI is InChI=1S/C15H22BrNOS/c1-17-12(8-9-13-5-4-10-18-13)11-19-15-7-3-2-6-14(15)16/h2-3,6-7,12-13,17H,4-5,8-11H2,1H3. The van der Waals surface area contributed by atoms with Gasteiger partial charge in [0, 0.05) is 27.8 Å². The largest absolute Gasteiger partial charge is 0.378 e. The first-order chi connectivity index (χ1) is 9.29. The highest BCUT2D eigenvalue weighted by Gasteiger charge is 2.17. The zero-order valence-corrected chi connectivity index (χ0v) is 13.8. The van der Waals surface area contributed by atoms with E-state index in [0.717, 1.165) is 12.4 Å². The van der Waals surface area contributed by atoms with Crippen LogP contribution in [0.5, 0.6) is 0 Å². The van der Waals surface area contributed by atoms with Gasteiger partial charge in [0.25, 0.3) is 0 Å². The minimum absolute atomic E-state index is 0.504. The van der Waals surface area contributed by atoms with E-state index in [-0.39, 0.29) is 0 Å². The van der Waals surface area contributed by atoms with Gasteiger partial charge in [0.1, 0.15) is 0 Å². The van der Waals surface area contributed by atoms with Gasteiger partial charge in [-0.3, -0.25) is 0 Å². The number of halogens is 1. The number of benzene rings is 1. The van der Waals surface area contributed by atoms with Crippen molar-refractivity contribution in [1.82, 2.24) is 5.32 Å². The SMILES string of the molecule is CNC(CCC1CCCO1)CSc1ccccc1Br. The third kappa shape index (κ3) is 5.10. The van der Waals surface area contributed by atoms with Gasteiger partial charge in [-0.2, -0.15) is 0 Å². The molecule has 1 aliphatic heterocycles. The van der Waals surface area contributed by atoms with E-state index in [2.05, 4.69) is 52.6 Å². The lowest BCUT2D eigenvalue weighted by atomic mass is 10.1. The van der Waals surface area contributed by atoms with E-state index >= 15 is 0 Å². The molecule has 0 aliphatic carbocycles. The fourth-order valence-corrected chi connectivity index (χ4v) is 4.05. The molecule has 1 aromatic carbocycles. The summed E-state index contributed by atoms with van der Waals surface area (Å²) in [6, 6.07) is 8.97. The van der Waals surface area contributed by atoms with Crippen LogP contribution in [0.2, 0.25) is 0 Å². The van der Waals surface area contributed by atoms with Crippen molar-refractivity contribution in [3.8, 4) is 0 Å². The summed E-state index contributed by atoms with van der Waals surface area (Å²) in [7, 11) is 2.06. The van der Waals surface area contributed by atoms with E-state index in [4.69, 9.17) is 4.74 Å². The van der Waals surface area contributed by atoms with Gasteiger partial charge in [-0.15, -0.1) is 11.8 Å². The Balaban J connectivity index is 1.74. The highest BCUT2D eigenvalue weighted by atomic mass is 79.9. The Kier molecular flexibility index (Phi) is 6.71. The van der Waals surface area contributed by atoms with Crippen LogP contribution in [0.3, 0.4) is 0 Å². The highest BCUT2D eigenvalue weighted by molar-refractivity contribution is 9.10. The molecule has 2 rings (SSSR count). The lowest BCUT2D eigenvalue weighted by molar-refractivity contribution is 0.100. The van der Waals surface area contributed by atoms with E-state index in [9.17, 15) is 0 Å². The number of thioether (sulfide) groups is 1. The van der Waals surface area contributed by atoms with Crippen LogP contribution in [0.1, 0.15) is 25.7 Å². The molecule has 0 aromatic heterocycles. The Morgan fingerprint density at radius 1 is 1.47 bits per heavy atom. The Morgan fingerprint density at radius 2 is 2.32 bits per heavy atom. The molecule has 1 fully saturated rings. The zero-order valence-electron chi connectivity index (χ0n) is 11.4. The predicted octanol–water partition coefficient (Wildman–Crippen LogP) is 4.09. The maximum absolute atomic E-state index is 5.69. The first kappa shape index (κ1) is 15.4. The monoisotopic (exact) mass is 343 g/mol. The van der Waals surface area contributed by atoms with Crippen molar-refractivity contribution in [3.63, 3.8) is 0 Å².